The van der Waals surface area contributed by atoms with Crippen molar-refractivity contribution in [1.82, 2.24) is 4.72 Å². The number of hydrogen-bond donors (Lipinski definition) is 1. The van der Waals surface area contributed by atoms with Crippen LogP contribution < -0.4 is 4.72 Å². The van der Waals surface area contributed by atoms with E-state index in [9.17, 15) is 13.2 Å². The molecule has 19 heavy (non-hydrogen) atoms. The Hall–Kier alpha value is -2.14. The minimum atomic E-state index is -3.84. The topological polar surface area (TPSA) is 63.2 Å². The number of carbonyl (C=O) groups is 1. The molecule has 0 unspecified atom stereocenters. The minimum absolute atomic E-state index is 0.0939. The lowest BCUT2D eigenvalue weighted by Crippen LogP contribution is -2.28. The van der Waals surface area contributed by atoms with E-state index < -0.39 is 15.9 Å². The van der Waals surface area contributed by atoms with Gasteiger partial charge in [-0.05, 0) is 11.6 Å². The van der Waals surface area contributed by atoms with Crippen LogP contribution in [0.4, 0.5) is 0 Å². The molecule has 0 bridgehead atoms. The largest absolute Gasteiger partial charge is 0.274 e. The molecule has 2 rings (SSSR count). The third-order valence-electron chi connectivity index (χ3n) is 2.54. The Balaban J connectivity index is 2.58. The van der Waals surface area contributed by atoms with E-state index in [1.165, 1.54) is 13.0 Å². The first-order chi connectivity index (χ1) is 9.00. The zero-order valence-electron chi connectivity index (χ0n) is 10.3. The van der Waals surface area contributed by atoms with Crippen LogP contribution in [0.3, 0.4) is 0 Å². The van der Waals surface area contributed by atoms with Crippen LogP contribution in [-0.4, -0.2) is 14.3 Å². The molecular formula is C14H13NO3S. The van der Waals surface area contributed by atoms with Crippen LogP contribution in [0.15, 0.2) is 59.5 Å². The van der Waals surface area contributed by atoms with E-state index in [-0.39, 0.29) is 4.90 Å². The molecule has 0 saturated heterocycles. The summed E-state index contributed by atoms with van der Waals surface area (Å²) < 4.78 is 26.2. The summed E-state index contributed by atoms with van der Waals surface area (Å²) in [6.07, 6.45) is 0. The highest BCUT2D eigenvalue weighted by atomic mass is 32.2. The summed E-state index contributed by atoms with van der Waals surface area (Å²) in [4.78, 5) is 11.1. The van der Waals surface area contributed by atoms with Crippen LogP contribution in [0.1, 0.15) is 6.92 Å². The minimum Gasteiger partial charge on any atom is -0.274 e. The van der Waals surface area contributed by atoms with Crippen LogP contribution in [-0.2, 0) is 14.8 Å². The monoisotopic (exact) mass is 275 g/mol. The number of rotatable bonds is 3. The van der Waals surface area contributed by atoms with Crippen molar-refractivity contribution in [2.24, 2.45) is 0 Å². The van der Waals surface area contributed by atoms with Crippen molar-refractivity contribution in [1.29, 1.82) is 0 Å². The zero-order chi connectivity index (χ0) is 13.9. The van der Waals surface area contributed by atoms with Crippen LogP contribution in [0.25, 0.3) is 11.1 Å². The molecule has 4 nitrogen and oxygen atoms in total. The average Bonchev–Trinajstić information content (AvgIpc) is 2.38. The van der Waals surface area contributed by atoms with E-state index in [0.29, 0.717) is 5.56 Å². The quantitative estimate of drug-likeness (QED) is 0.933. The fourth-order valence-corrected chi connectivity index (χ4v) is 3.02. The highest BCUT2D eigenvalue weighted by Crippen LogP contribution is 2.26. The molecule has 0 atom stereocenters. The molecule has 0 fully saturated rings. The van der Waals surface area contributed by atoms with Crippen LogP contribution in [0, 0.1) is 0 Å². The molecule has 5 heteroatoms. The first-order valence-electron chi connectivity index (χ1n) is 5.68. The van der Waals surface area contributed by atoms with Crippen molar-refractivity contribution in [3.05, 3.63) is 54.6 Å². The van der Waals surface area contributed by atoms with Gasteiger partial charge in [0.25, 0.3) is 10.0 Å². The second-order valence-electron chi connectivity index (χ2n) is 4.02. The van der Waals surface area contributed by atoms with Crippen molar-refractivity contribution in [2.45, 2.75) is 11.8 Å². The lowest BCUT2D eigenvalue weighted by Gasteiger charge is -2.10. The van der Waals surface area contributed by atoms with Crippen LogP contribution in [0.2, 0.25) is 0 Å². The maximum atomic E-state index is 12.1. The van der Waals surface area contributed by atoms with Gasteiger partial charge < -0.3 is 0 Å². The SMILES string of the molecule is CC(=O)NS(=O)(=O)c1ccccc1-c1ccccc1. The summed E-state index contributed by atoms with van der Waals surface area (Å²) in [6, 6.07) is 15.7. The van der Waals surface area contributed by atoms with Crippen molar-refractivity contribution >= 4 is 15.9 Å². The van der Waals surface area contributed by atoms with Crippen molar-refractivity contribution < 1.29 is 13.2 Å². The Morgan fingerprint density at radius 3 is 2.16 bits per heavy atom. The summed E-state index contributed by atoms with van der Waals surface area (Å²) >= 11 is 0. The van der Waals surface area contributed by atoms with E-state index in [1.807, 2.05) is 35.1 Å². The second-order valence-corrected chi connectivity index (χ2v) is 5.67. The summed E-state index contributed by atoms with van der Waals surface area (Å²) in [6.45, 7) is 1.17. The fourth-order valence-electron chi connectivity index (χ4n) is 1.80. The van der Waals surface area contributed by atoms with Crippen LogP contribution in [0.5, 0.6) is 0 Å². The van der Waals surface area contributed by atoms with E-state index >= 15 is 0 Å². The van der Waals surface area contributed by atoms with Gasteiger partial charge in [0.05, 0.1) is 4.90 Å². The highest BCUT2D eigenvalue weighted by molar-refractivity contribution is 7.90. The maximum absolute atomic E-state index is 12.1. The average molecular weight is 275 g/mol. The van der Waals surface area contributed by atoms with Gasteiger partial charge in [-0.1, -0.05) is 48.5 Å². The van der Waals surface area contributed by atoms with Gasteiger partial charge >= 0.3 is 0 Å². The third-order valence-corrected chi connectivity index (χ3v) is 4.03. The van der Waals surface area contributed by atoms with E-state index in [1.54, 1.807) is 18.2 Å². The van der Waals surface area contributed by atoms with E-state index in [0.717, 1.165) is 5.56 Å². The number of sulfonamides is 1. The molecule has 98 valence electrons. The molecule has 0 heterocycles. The molecule has 1 amide bonds. The van der Waals surface area contributed by atoms with Gasteiger partial charge in [0, 0.05) is 12.5 Å². The second kappa shape index (κ2) is 5.24. The van der Waals surface area contributed by atoms with Crippen molar-refractivity contribution in [2.75, 3.05) is 0 Å². The van der Waals surface area contributed by atoms with E-state index in [4.69, 9.17) is 0 Å². The van der Waals surface area contributed by atoms with Gasteiger partial charge in [-0.15, -0.1) is 0 Å². The Kier molecular flexibility index (Phi) is 3.66. The molecule has 0 aromatic heterocycles. The molecule has 0 aliphatic rings. The lowest BCUT2D eigenvalue weighted by atomic mass is 10.1. The molecule has 2 aromatic carbocycles. The Bertz CT molecular complexity index is 694. The number of amides is 1. The lowest BCUT2D eigenvalue weighted by molar-refractivity contribution is -0.117. The van der Waals surface area contributed by atoms with Crippen LogP contribution >= 0.6 is 0 Å². The Morgan fingerprint density at radius 2 is 1.53 bits per heavy atom. The molecule has 0 spiro atoms. The maximum Gasteiger partial charge on any atom is 0.264 e. The van der Waals surface area contributed by atoms with Gasteiger partial charge in [-0.25, -0.2) is 13.1 Å². The summed E-state index contributed by atoms with van der Waals surface area (Å²) in [7, 11) is -3.84. The van der Waals surface area contributed by atoms with Gasteiger partial charge in [0.2, 0.25) is 5.91 Å². The predicted octanol–water partition coefficient (Wildman–Crippen LogP) is 2.18. The van der Waals surface area contributed by atoms with Crippen molar-refractivity contribution in [3.63, 3.8) is 0 Å². The van der Waals surface area contributed by atoms with Gasteiger partial charge in [-0.3, -0.25) is 4.79 Å². The first-order valence-corrected chi connectivity index (χ1v) is 7.17. The van der Waals surface area contributed by atoms with Gasteiger partial charge in [-0.2, -0.15) is 0 Å². The summed E-state index contributed by atoms with van der Waals surface area (Å²) in [5.74, 6) is -0.608. The number of nitrogens with one attached hydrogen (secondary N) is 1. The molecule has 0 aliphatic heterocycles. The van der Waals surface area contributed by atoms with Crippen molar-refractivity contribution in [3.8, 4) is 11.1 Å². The smallest absolute Gasteiger partial charge is 0.264 e. The summed E-state index contributed by atoms with van der Waals surface area (Å²) in [5, 5.41) is 0. The first kappa shape index (κ1) is 13.3. The predicted molar refractivity (Wildman–Crippen MR) is 72.9 cm³/mol. The normalized spacial score (nSPS) is 11.0. The number of carbonyl (C=O) groups excluding carboxylic acids is 1. The number of hydrogen-bond acceptors (Lipinski definition) is 3. The third kappa shape index (κ3) is 3.00. The highest BCUT2D eigenvalue weighted by Gasteiger charge is 2.19. The molecule has 0 radical (unpaired) electrons. The molecular weight excluding hydrogens is 262 g/mol. The molecule has 1 N–H and O–H groups in total. The Morgan fingerprint density at radius 1 is 0.947 bits per heavy atom. The molecule has 0 aliphatic carbocycles. The summed E-state index contributed by atoms with van der Waals surface area (Å²) in [5.41, 5.74) is 1.35. The standard InChI is InChI=1S/C14H13NO3S/c1-11(16)15-19(17,18)14-10-6-5-9-13(14)12-7-3-2-4-8-12/h2-10H,1H3,(H,15,16). The van der Waals surface area contributed by atoms with Gasteiger partial charge in [0.1, 0.15) is 0 Å². The Labute approximate surface area is 112 Å². The zero-order valence-corrected chi connectivity index (χ0v) is 11.1. The van der Waals surface area contributed by atoms with E-state index in [2.05, 4.69) is 0 Å². The molecule has 0 saturated carbocycles. The number of benzene rings is 2. The van der Waals surface area contributed by atoms with Gasteiger partial charge in [0.15, 0.2) is 0 Å². The molecule has 2 aromatic rings. The fraction of sp³-hybridized carbons (Fsp3) is 0.0714.